The average Bonchev–Trinajstić information content (AvgIpc) is 3.10. The van der Waals surface area contributed by atoms with Gasteiger partial charge in [-0.1, -0.05) is 24.5 Å². The highest BCUT2D eigenvalue weighted by Crippen LogP contribution is 2.35. The quantitative estimate of drug-likeness (QED) is 0.746. The summed E-state index contributed by atoms with van der Waals surface area (Å²) in [7, 11) is 0. The van der Waals surface area contributed by atoms with E-state index in [4.69, 9.17) is 0 Å². The summed E-state index contributed by atoms with van der Waals surface area (Å²) in [5, 5.41) is 0. The highest BCUT2D eigenvalue weighted by Gasteiger charge is 2.36. The molecule has 17 heavy (non-hydrogen) atoms. The molecule has 1 aromatic carbocycles. The van der Waals surface area contributed by atoms with E-state index in [2.05, 4.69) is 0 Å². The lowest BCUT2D eigenvalue weighted by Gasteiger charge is -2.16. The first-order chi connectivity index (χ1) is 8.16. The van der Waals surface area contributed by atoms with Gasteiger partial charge in [0.25, 0.3) is 11.7 Å². The third-order valence-corrected chi connectivity index (χ3v) is 3.58. The molecule has 0 radical (unpaired) electrons. The Labute approximate surface area is 100 Å². The molecule has 1 fully saturated rings. The van der Waals surface area contributed by atoms with Crippen LogP contribution in [-0.2, 0) is 4.79 Å². The van der Waals surface area contributed by atoms with E-state index in [0.717, 1.165) is 23.6 Å². The van der Waals surface area contributed by atoms with Gasteiger partial charge in [0.2, 0.25) is 0 Å². The number of hydrogen-bond acceptors (Lipinski definition) is 2. The van der Waals surface area contributed by atoms with Crippen molar-refractivity contribution in [2.24, 2.45) is 5.92 Å². The number of fused-ring (bicyclic) bond motifs is 1. The predicted octanol–water partition coefficient (Wildman–Crippen LogP) is 2.32. The van der Waals surface area contributed by atoms with Crippen LogP contribution >= 0.6 is 0 Å². The molecule has 3 rings (SSSR count). The third-order valence-electron chi connectivity index (χ3n) is 3.58. The van der Waals surface area contributed by atoms with Gasteiger partial charge in [0.05, 0.1) is 11.3 Å². The van der Waals surface area contributed by atoms with Gasteiger partial charge >= 0.3 is 0 Å². The Morgan fingerprint density at radius 1 is 1.29 bits per heavy atom. The van der Waals surface area contributed by atoms with Gasteiger partial charge < -0.3 is 4.90 Å². The van der Waals surface area contributed by atoms with Gasteiger partial charge in [0.1, 0.15) is 0 Å². The summed E-state index contributed by atoms with van der Waals surface area (Å²) in [6.07, 6.45) is 3.57. The molecule has 1 amide bonds. The maximum absolute atomic E-state index is 11.9. The summed E-state index contributed by atoms with van der Waals surface area (Å²) in [4.78, 5) is 25.4. The number of benzene rings is 1. The van der Waals surface area contributed by atoms with Crippen molar-refractivity contribution < 1.29 is 9.59 Å². The minimum Gasteiger partial charge on any atom is -0.305 e. The largest absolute Gasteiger partial charge is 0.305 e. The standard InChI is InChI=1S/C14H15NO2/c1-9-2-5-12-11(8-9)13(16)14(17)15(12)7-6-10-3-4-10/h2,5,8,10H,3-4,6-7H2,1H3. The van der Waals surface area contributed by atoms with Crippen LogP contribution in [0.4, 0.5) is 5.69 Å². The molecule has 0 saturated heterocycles. The maximum atomic E-state index is 11.9. The molecular formula is C14H15NO2. The zero-order chi connectivity index (χ0) is 12.0. The van der Waals surface area contributed by atoms with Crippen LogP contribution < -0.4 is 4.90 Å². The van der Waals surface area contributed by atoms with Gasteiger partial charge in [0.15, 0.2) is 0 Å². The van der Waals surface area contributed by atoms with Gasteiger partial charge in [-0.3, -0.25) is 9.59 Å². The molecule has 0 unspecified atom stereocenters. The molecule has 3 nitrogen and oxygen atoms in total. The summed E-state index contributed by atoms with van der Waals surface area (Å²) in [6, 6.07) is 5.65. The molecule has 0 aromatic heterocycles. The number of amides is 1. The molecule has 1 saturated carbocycles. The summed E-state index contributed by atoms with van der Waals surface area (Å²) < 4.78 is 0. The molecule has 88 valence electrons. The van der Waals surface area contributed by atoms with E-state index in [0.29, 0.717) is 12.1 Å². The van der Waals surface area contributed by atoms with Crippen molar-refractivity contribution in [2.45, 2.75) is 26.2 Å². The molecular weight excluding hydrogens is 214 g/mol. The fourth-order valence-corrected chi connectivity index (χ4v) is 2.35. The molecule has 0 N–H and O–H groups in total. The molecule has 2 aliphatic rings. The Balaban J connectivity index is 1.89. The zero-order valence-corrected chi connectivity index (χ0v) is 9.90. The monoisotopic (exact) mass is 229 g/mol. The summed E-state index contributed by atoms with van der Waals surface area (Å²) in [5.74, 6) is 0.0677. The van der Waals surface area contributed by atoms with Crippen LogP contribution in [0, 0.1) is 12.8 Å². The highest BCUT2D eigenvalue weighted by atomic mass is 16.2. The lowest BCUT2D eigenvalue weighted by Crippen LogP contribution is -2.30. The summed E-state index contributed by atoms with van der Waals surface area (Å²) in [5.41, 5.74) is 2.39. The first-order valence-electron chi connectivity index (χ1n) is 6.13. The number of Topliss-reactive ketones (excluding diaryl/α,β-unsaturated/α-hetero) is 1. The fourth-order valence-electron chi connectivity index (χ4n) is 2.35. The number of carbonyl (C=O) groups is 2. The molecule has 1 aliphatic carbocycles. The van der Waals surface area contributed by atoms with Crippen LogP contribution in [0.1, 0.15) is 35.2 Å². The van der Waals surface area contributed by atoms with E-state index in [-0.39, 0.29) is 11.7 Å². The number of rotatable bonds is 3. The van der Waals surface area contributed by atoms with Crippen LogP contribution in [0.15, 0.2) is 18.2 Å². The summed E-state index contributed by atoms with van der Waals surface area (Å²) >= 11 is 0. The first kappa shape index (κ1) is 10.5. The van der Waals surface area contributed by atoms with E-state index in [1.54, 1.807) is 4.90 Å². The molecule has 1 aliphatic heterocycles. The van der Waals surface area contributed by atoms with Crippen LogP contribution in [0.25, 0.3) is 0 Å². The van der Waals surface area contributed by atoms with Crippen molar-refractivity contribution in [3.05, 3.63) is 29.3 Å². The second-order valence-corrected chi connectivity index (χ2v) is 5.04. The van der Waals surface area contributed by atoms with Gasteiger partial charge in [-0.05, 0) is 31.4 Å². The third kappa shape index (κ3) is 1.75. The molecule has 1 heterocycles. The normalized spacial score (nSPS) is 18.8. The van der Waals surface area contributed by atoms with E-state index < -0.39 is 0 Å². The number of anilines is 1. The highest BCUT2D eigenvalue weighted by molar-refractivity contribution is 6.52. The Hall–Kier alpha value is -1.64. The Bertz CT molecular complexity index is 503. The van der Waals surface area contributed by atoms with E-state index >= 15 is 0 Å². The Morgan fingerprint density at radius 2 is 2.06 bits per heavy atom. The smallest absolute Gasteiger partial charge is 0.299 e. The fraction of sp³-hybridized carbons (Fsp3) is 0.429. The predicted molar refractivity (Wildman–Crippen MR) is 65.2 cm³/mol. The van der Waals surface area contributed by atoms with Crippen molar-refractivity contribution >= 4 is 17.4 Å². The van der Waals surface area contributed by atoms with Crippen molar-refractivity contribution in [3.63, 3.8) is 0 Å². The Kier molecular flexibility index (Phi) is 2.28. The minimum absolute atomic E-state index is 0.348. The van der Waals surface area contributed by atoms with E-state index in [1.165, 1.54) is 12.8 Å². The number of nitrogens with zero attached hydrogens (tertiary/aromatic N) is 1. The Morgan fingerprint density at radius 3 is 2.76 bits per heavy atom. The maximum Gasteiger partial charge on any atom is 0.299 e. The number of hydrogen-bond donors (Lipinski definition) is 0. The van der Waals surface area contributed by atoms with Crippen molar-refractivity contribution in [1.82, 2.24) is 0 Å². The lowest BCUT2D eigenvalue weighted by atomic mass is 10.1. The molecule has 0 atom stereocenters. The summed E-state index contributed by atoms with van der Waals surface area (Å²) in [6.45, 7) is 2.62. The van der Waals surface area contributed by atoms with Gasteiger partial charge in [-0.25, -0.2) is 0 Å². The molecule has 0 spiro atoms. The van der Waals surface area contributed by atoms with Crippen LogP contribution in [-0.4, -0.2) is 18.2 Å². The second kappa shape index (κ2) is 3.69. The minimum atomic E-state index is -0.355. The van der Waals surface area contributed by atoms with Gasteiger partial charge in [0, 0.05) is 6.54 Å². The topological polar surface area (TPSA) is 37.4 Å². The van der Waals surface area contributed by atoms with Crippen LogP contribution in [0.2, 0.25) is 0 Å². The van der Waals surface area contributed by atoms with E-state index in [9.17, 15) is 9.59 Å². The zero-order valence-electron chi connectivity index (χ0n) is 9.90. The van der Waals surface area contributed by atoms with Gasteiger partial charge in [-0.2, -0.15) is 0 Å². The second-order valence-electron chi connectivity index (χ2n) is 5.04. The number of aryl methyl sites for hydroxylation is 1. The SMILES string of the molecule is Cc1ccc2c(c1)C(=O)C(=O)N2CCC1CC1. The van der Waals surface area contributed by atoms with E-state index in [1.807, 2.05) is 25.1 Å². The molecule has 0 bridgehead atoms. The number of carbonyl (C=O) groups excluding carboxylic acids is 2. The molecule has 1 aromatic rings. The van der Waals surface area contributed by atoms with Crippen molar-refractivity contribution in [2.75, 3.05) is 11.4 Å². The van der Waals surface area contributed by atoms with Gasteiger partial charge in [-0.15, -0.1) is 0 Å². The number of ketones is 1. The van der Waals surface area contributed by atoms with Crippen molar-refractivity contribution in [3.8, 4) is 0 Å². The first-order valence-corrected chi connectivity index (χ1v) is 6.13. The van der Waals surface area contributed by atoms with Crippen molar-refractivity contribution in [1.29, 1.82) is 0 Å². The molecule has 3 heteroatoms. The van der Waals surface area contributed by atoms with Crippen LogP contribution in [0.5, 0.6) is 0 Å². The average molecular weight is 229 g/mol. The van der Waals surface area contributed by atoms with Crippen LogP contribution in [0.3, 0.4) is 0 Å². The lowest BCUT2D eigenvalue weighted by molar-refractivity contribution is -0.114.